The van der Waals surface area contributed by atoms with Crippen LogP contribution in [0.15, 0.2) is 24.3 Å². The van der Waals surface area contributed by atoms with E-state index in [4.69, 9.17) is 5.73 Å². The van der Waals surface area contributed by atoms with Crippen molar-refractivity contribution in [3.63, 3.8) is 0 Å². The number of hydrogen-bond acceptors (Lipinski definition) is 5. The highest BCUT2D eigenvalue weighted by molar-refractivity contribution is 5.95. The number of hydrogen-bond donors (Lipinski definition) is 3. The molecule has 0 atom stereocenters. The number of carbonyl (C=O) groups excluding carboxylic acids is 2. The fourth-order valence-corrected chi connectivity index (χ4v) is 3.26. The summed E-state index contributed by atoms with van der Waals surface area (Å²) in [4.78, 5) is 27.8. The van der Waals surface area contributed by atoms with E-state index < -0.39 is 5.91 Å². The number of carbonyl (C=O) groups is 2. The number of rotatable bonds is 5. The summed E-state index contributed by atoms with van der Waals surface area (Å²) in [5.74, 6) is -0.551. The van der Waals surface area contributed by atoms with Gasteiger partial charge >= 0.3 is 0 Å². The highest BCUT2D eigenvalue weighted by atomic mass is 16.2. The Kier molecular flexibility index (Phi) is 5.22. The van der Waals surface area contributed by atoms with E-state index >= 15 is 0 Å². The third-order valence-electron chi connectivity index (χ3n) is 4.60. The van der Waals surface area contributed by atoms with E-state index in [2.05, 4.69) is 25.3 Å². The van der Waals surface area contributed by atoms with Crippen molar-refractivity contribution >= 4 is 23.2 Å². The number of benzene rings is 1. The number of aromatic nitrogens is 2. The van der Waals surface area contributed by atoms with Gasteiger partial charge in [-0.05, 0) is 38.1 Å². The first-order valence-corrected chi connectivity index (χ1v) is 8.62. The summed E-state index contributed by atoms with van der Waals surface area (Å²) in [7, 11) is 0. The van der Waals surface area contributed by atoms with Gasteiger partial charge in [0.25, 0.3) is 0 Å². The van der Waals surface area contributed by atoms with E-state index in [1.807, 2.05) is 13.8 Å². The summed E-state index contributed by atoms with van der Waals surface area (Å²) in [6, 6.07) is 6.57. The highest BCUT2D eigenvalue weighted by Gasteiger charge is 2.22. The van der Waals surface area contributed by atoms with Crippen LogP contribution in [0.1, 0.15) is 21.7 Å². The molecule has 1 saturated heterocycles. The maximum Gasteiger partial charge on any atom is 0.248 e. The van der Waals surface area contributed by atoms with Crippen LogP contribution in [0.2, 0.25) is 0 Å². The van der Waals surface area contributed by atoms with E-state index in [9.17, 15) is 9.59 Å². The van der Waals surface area contributed by atoms with Crippen molar-refractivity contribution in [3.8, 4) is 0 Å². The van der Waals surface area contributed by atoms with Crippen LogP contribution in [0.5, 0.6) is 0 Å². The lowest BCUT2D eigenvalue weighted by Gasteiger charge is -2.35. The number of aromatic amines is 1. The fraction of sp³-hybridized carbons (Fsp3) is 0.389. The van der Waals surface area contributed by atoms with E-state index in [1.54, 1.807) is 24.3 Å². The minimum absolute atomic E-state index is 0.0686. The summed E-state index contributed by atoms with van der Waals surface area (Å²) in [6.07, 6.45) is 0. The third kappa shape index (κ3) is 4.02. The molecule has 1 fully saturated rings. The molecule has 1 aliphatic heterocycles. The first kappa shape index (κ1) is 17.9. The van der Waals surface area contributed by atoms with Gasteiger partial charge in [0.05, 0.1) is 23.6 Å². The third-order valence-corrected chi connectivity index (χ3v) is 4.60. The van der Waals surface area contributed by atoms with Crippen molar-refractivity contribution in [1.29, 1.82) is 0 Å². The zero-order valence-corrected chi connectivity index (χ0v) is 15.1. The molecule has 0 radical (unpaired) electrons. The van der Waals surface area contributed by atoms with Gasteiger partial charge in [0.15, 0.2) is 0 Å². The van der Waals surface area contributed by atoms with Gasteiger partial charge in [-0.3, -0.25) is 19.6 Å². The average Bonchev–Trinajstić information content (AvgIpc) is 2.95. The molecule has 1 aliphatic rings. The Morgan fingerprint density at radius 3 is 2.35 bits per heavy atom. The SMILES string of the molecule is Cc1n[nH]c(C)c1N1CCN(CC(=O)Nc2ccc(C(N)=O)cc2)CC1. The van der Waals surface area contributed by atoms with Crippen LogP contribution in [0.4, 0.5) is 11.4 Å². The topological polar surface area (TPSA) is 107 Å². The molecule has 0 unspecified atom stereocenters. The van der Waals surface area contributed by atoms with Crippen molar-refractivity contribution in [2.24, 2.45) is 5.73 Å². The van der Waals surface area contributed by atoms with Crippen molar-refractivity contribution in [1.82, 2.24) is 15.1 Å². The Hall–Kier alpha value is -2.87. The molecular formula is C18H24N6O2. The Morgan fingerprint density at radius 1 is 1.15 bits per heavy atom. The monoisotopic (exact) mass is 356 g/mol. The van der Waals surface area contributed by atoms with Crippen molar-refractivity contribution in [3.05, 3.63) is 41.2 Å². The van der Waals surface area contributed by atoms with Gasteiger partial charge in [-0.15, -0.1) is 0 Å². The number of nitrogens with one attached hydrogen (secondary N) is 2. The second kappa shape index (κ2) is 7.57. The molecule has 0 aliphatic carbocycles. The zero-order valence-electron chi connectivity index (χ0n) is 15.1. The Morgan fingerprint density at radius 2 is 1.81 bits per heavy atom. The lowest BCUT2D eigenvalue weighted by Crippen LogP contribution is -2.49. The smallest absolute Gasteiger partial charge is 0.248 e. The van der Waals surface area contributed by atoms with Crippen LogP contribution < -0.4 is 16.0 Å². The molecule has 0 bridgehead atoms. The summed E-state index contributed by atoms with van der Waals surface area (Å²) < 4.78 is 0. The maximum absolute atomic E-state index is 12.2. The van der Waals surface area contributed by atoms with E-state index in [0.29, 0.717) is 17.8 Å². The lowest BCUT2D eigenvalue weighted by atomic mass is 10.2. The average molecular weight is 356 g/mol. The van der Waals surface area contributed by atoms with E-state index in [0.717, 1.165) is 37.6 Å². The molecule has 0 saturated carbocycles. The number of nitrogens with zero attached hydrogens (tertiary/aromatic N) is 3. The van der Waals surface area contributed by atoms with E-state index in [-0.39, 0.29) is 5.91 Å². The van der Waals surface area contributed by atoms with Gasteiger partial charge in [0, 0.05) is 37.4 Å². The van der Waals surface area contributed by atoms with Crippen LogP contribution in [0.3, 0.4) is 0 Å². The van der Waals surface area contributed by atoms with Gasteiger partial charge in [0.1, 0.15) is 0 Å². The highest BCUT2D eigenvalue weighted by Crippen LogP contribution is 2.23. The molecular weight excluding hydrogens is 332 g/mol. The van der Waals surface area contributed by atoms with Crippen LogP contribution in [-0.2, 0) is 4.79 Å². The van der Waals surface area contributed by atoms with E-state index in [1.165, 1.54) is 5.69 Å². The molecule has 2 amide bonds. The summed E-state index contributed by atoms with van der Waals surface area (Å²) in [5, 5.41) is 10.1. The molecule has 4 N–H and O–H groups in total. The number of nitrogens with two attached hydrogens (primary N) is 1. The first-order chi connectivity index (χ1) is 12.4. The normalized spacial score (nSPS) is 15.1. The van der Waals surface area contributed by atoms with Gasteiger partial charge in [-0.1, -0.05) is 0 Å². The zero-order chi connectivity index (χ0) is 18.7. The fourth-order valence-electron chi connectivity index (χ4n) is 3.26. The summed E-state index contributed by atoms with van der Waals surface area (Å²) in [6.45, 7) is 7.73. The van der Waals surface area contributed by atoms with Gasteiger partial charge in [0.2, 0.25) is 11.8 Å². The van der Waals surface area contributed by atoms with Crippen molar-refractivity contribution in [2.45, 2.75) is 13.8 Å². The summed E-state index contributed by atoms with van der Waals surface area (Å²) >= 11 is 0. The second-order valence-electron chi connectivity index (χ2n) is 6.54. The Labute approximate surface area is 152 Å². The minimum Gasteiger partial charge on any atom is -0.366 e. The molecule has 26 heavy (non-hydrogen) atoms. The number of primary amides is 1. The predicted molar refractivity (Wildman–Crippen MR) is 100 cm³/mol. The van der Waals surface area contributed by atoms with Crippen molar-refractivity contribution in [2.75, 3.05) is 42.9 Å². The number of aryl methyl sites for hydroxylation is 2. The number of anilines is 2. The quantitative estimate of drug-likeness (QED) is 0.737. The maximum atomic E-state index is 12.2. The molecule has 1 aromatic carbocycles. The number of amides is 2. The molecule has 1 aromatic heterocycles. The van der Waals surface area contributed by atoms with Crippen LogP contribution in [0, 0.1) is 13.8 Å². The first-order valence-electron chi connectivity index (χ1n) is 8.62. The molecule has 2 aromatic rings. The Balaban J connectivity index is 1.49. The van der Waals surface area contributed by atoms with Crippen LogP contribution in [-0.4, -0.2) is 59.6 Å². The summed E-state index contributed by atoms with van der Waals surface area (Å²) in [5.41, 5.74) is 9.54. The Bertz CT molecular complexity index is 771. The minimum atomic E-state index is -0.483. The molecule has 2 heterocycles. The molecule has 8 heteroatoms. The molecule has 8 nitrogen and oxygen atoms in total. The van der Waals surface area contributed by atoms with Crippen LogP contribution >= 0.6 is 0 Å². The van der Waals surface area contributed by atoms with Gasteiger partial charge in [-0.25, -0.2) is 0 Å². The van der Waals surface area contributed by atoms with Crippen molar-refractivity contribution < 1.29 is 9.59 Å². The molecule has 0 spiro atoms. The molecule has 138 valence electrons. The standard InChI is InChI=1S/C18H24N6O2/c1-12-17(13(2)22-21-12)24-9-7-23(8-10-24)11-16(25)20-15-5-3-14(4-6-15)18(19)26/h3-6H,7-11H2,1-2H3,(H2,19,26)(H,20,25)(H,21,22). The van der Waals surface area contributed by atoms with Gasteiger partial charge in [-0.2, -0.15) is 5.10 Å². The molecule has 3 rings (SSSR count). The number of H-pyrrole nitrogens is 1. The van der Waals surface area contributed by atoms with Crippen LogP contribution in [0.25, 0.3) is 0 Å². The second-order valence-corrected chi connectivity index (χ2v) is 6.54. The largest absolute Gasteiger partial charge is 0.366 e. The van der Waals surface area contributed by atoms with Gasteiger partial charge < -0.3 is 16.0 Å². The predicted octanol–water partition coefficient (Wildman–Crippen LogP) is 0.886. The lowest BCUT2D eigenvalue weighted by molar-refractivity contribution is -0.117. The number of piperazine rings is 1.